The van der Waals surface area contributed by atoms with Crippen LogP contribution in [0.4, 0.5) is 0 Å². The smallest absolute Gasteiger partial charge is 0.169 e. The number of hydrogen-bond acceptors (Lipinski definition) is 2. The summed E-state index contributed by atoms with van der Waals surface area (Å²) in [6.07, 6.45) is 6.89. The molecule has 3 heteroatoms. The predicted octanol–water partition coefficient (Wildman–Crippen LogP) is 2.95. The quantitative estimate of drug-likeness (QED) is 0.444. The summed E-state index contributed by atoms with van der Waals surface area (Å²) in [5.41, 5.74) is 5.78. The van der Waals surface area contributed by atoms with Gasteiger partial charge in [-0.15, -0.1) is 0 Å². The average molecular weight is 225 g/mol. The molecule has 84 valence electrons. The fourth-order valence-electron chi connectivity index (χ4n) is 0.735. The lowest BCUT2D eigenvalue weighted by atomic mass is 10.1. The molecule has 0 aromatic rings. The van der Waals surface area contributed by atoms with E-state index in [0.29, 0.717) is 5.57 Å². The van der Waals surface area contributed by atoms with Crippen LogP contribution in [0.25, 0.3) is 0 Å². The summed E-state index contributed by atoms with van der Waals surface area (Å²) >= 11 is 4.63. The van der Waals surface area contributed by atoms with Crippen LogP contribution < -0.4 is 5.73 Å². The Morgan fingerprint density at radius 2 is 2.00 bits per heavy atom. The number of ketones is 1. The van der Waals surface area contributed by atoms with Crippen molar-refractivity contribution in [3.05, 3.63) is 36.5 Å². The molecule has 2 N–H and O–H groups in total. The van der Waals surface area contributed by atoms with Crippen molar-refractivity contribution in [1.82, 2.24) is 0 Å². The van der Waals surface area contributed by atoms with Gasteiger partial charge in [0.05, 0.1) is 11.4 Å². The molecule has 0 aromatic carbocycles. The predicted molar refractivity (Wildman–Crippen MR) is 70.9 cm³/mol. The average Bonchev–Trinajstić information content (AvgIpc) is 2.21. The lowest BCUT2D eigenvalue weighted by molar-refractivity contribution is -0.114. The van der Waals surface area contributed by atoms with Gasteiger partial charge in [0.25, 0.3) is 0 Å². The first-order chi connectivity index (χ1) is 7.11. The van der Waals surface area contributed by atoms with E-state index < -0.39 is 0 Å². The van der Waals surface area contributed by atoms with Crippen LogP contribution in [0.1, 0.15) is 27.2 Å². The molecule has 0 aromatic heterocycles. The summed E-state index contributed by atoms with van der Waals surface area (Å²) in [6, 6.07) is 0. The maximum Gasteiger partial charge on any atom is 0.169 e. The van der Waals surface area contributed by atoms with Crippen LogP contribution in [-0.4, -0.2) is 10.8 Å². The Morgan fingerprint density at radius 3 is 2.33 bits per heavy atom. The van der Waals surface area contributed by atoms with Crippen molar-refractivity contribution in [2.24, 2.45) is 5.73 Å². The number of carbonyl (C=O) groups excluding carboxylic acids is 1. The molecule has 0 aliphatic rings. The van der Waals surface area contributed by atoms with E-state index >= 15 is 0 Å². The van der Waals surface area contributed by atoms with Crippen LogP contribution in [0.5, 0.6) is 0 Å². The zero-order valence-corrected chi connectivity index (χ0v) is 10.4. The highest BCUT2D eigenvalue weighted by Gasteiger charge is 2.05. The van der Waals surface area contributed by atoms with Crippen molar-refractivity contribution in [2.75, 3.05) is 0 Å². The minimum absolute atomic E-state index is 0.0967. The molecule has 0 radical (unpaired) electrons. The monoisotopic (exact) mass is 225 g/mol. The van der Waals surface area contributed by atoms with E-state index in [1.54, 1.807) is 12.2 Å². The first kappa shape index (κ1) is 16.2. The molecule has 0 aliphatic heterocycles. The summed E-state index contributed by atoms with van der Waals surface area (Å²) in [5.74, 6) is -0.0967. The molecule has 0 saturated carbocycles. The van der Waals surface area contributed by atoms with E-state index in [2.05, 4.69) is 18.8 Å². The highest BCUT2D eigenvalue weighted by Crippen LogP contribution is 2.02. The Hall–Kier alpha value is -1.22. The number of allylic oxidation sites excluding steroid dienone is 5. The molecule has 0 amide bonds. The van der Waals surface area contributed by atoms with Crippen molar-refractivity contribution >= 4 is 23.0 Å². The van der Waals surface area contributed by atoms with Gasteiger partial charge in [-0.2, -0.15) is 0 Å². The van der Waals surface area contributed by atoms with E-state index in [9.17, 15) is 4.79 Å². The molecule has 15 heavy (non-hydrogen) atoms. The normalized spacial score (nSPS) is 10.5. The molecular weight excluding hydrogens is 206 g/mol. The highest BCUT2D eigenvalue weighted by molar-refractivity contribution is 7.80. The number of carbonyl (C=O) groups is 1. The largest absolute Gasteiger partial charge is 0.393 e. The molecule has 0 aliphatic carbocycles. The molecule has 0 spiro atoms. The lowest BCUT2D eigenvalue weighted by Crippen LogP contribution is -2.14. The fourth-order valence-corrected chi connectivity index (χ4v) is 0.866. The van der Waals surface area contributed by atoms with Crippen molar-refractivity contribution in [1.29, 1.82) is 0 Å². The van der Waals surface area contributed by atoms with Crippen LogP contribution in [0.3, 0.4) is 0 Å². The summed E-state index contributed by atoms with van der Waals surface area (Å²) in [4.78, 5) is 11.6. The van der Waals surface area contributed by atoms with Gasteiger partial charge in [0.2, 0.25) is 0 Å². The zero-order chi connectivity index (χ0) is 12.3. The molecule has 0 bridgehead atoms. The van der Waals surface area contributed by atoms with Crippen LogP contribution >= 0.6 is 12.2 Å². The first-order valence-corrected chi connectivity index (χ1v) is 5.29. The van der Waals surface area contributed by atoms with Crippen LogP contribution in [0, 0.1) is 0 Å². The SMILES string of the molecule is C=C/C(=C\C=C/C)C(=O)CC(N)=S.CC. The van der Waals surface area contributed by atoms with Crippen LogP contribution in [0.2, 0.25) is 0 Å². The van der Waals surface area contributed by atoms with E-state index in [1.807, 2.05) is 26.8 Å². The summed E-state index contributed by atoms with van der Waals surface area (Å²) in [5, 5.41) is 0. The topological polar surface area (TPSA) is 43.1 Å². The maximum absolute atomic E-state index is 11.3. The van der Waals surface area contributed by atoms with Gasteiger partial charge >= 0.3 is 0 Å². The Kier molecular flexibility index (Phi) is 11.7. The zero-order valence-electron chi connectivity index (χ0n) is 9.62. The summed E-state index contributed by atoms with van der Waals surface area (Å²) in [7, 11) is 0. The third-order valence-electron chi connectivity index (χ3n) is 1.34. The second-order valence-electron chi connectivity index (χ2n) is 2.42. The number of thiocarbonyl (C=S) groups is 1. The Bertz CT molecular complexity index is 277. The minimum atomic E-state index is -0.0967. The summed E-state index contributed by atoms with van der Waals surface area (Å²) in [6.45, 7) is 9.41. The first-order valence-electron chi connectivity index (χ1n) is 4.88. The van der Waals surface area contributed by atoms with Crippen molar-refractivity contribution in [3.8, 4) is 0 Å². The van der Waals surface area contributed by atoms with Gasteiger partial charge in [-0.3, -0.25) is 4.79 Å². The maximum atomic E-state index is 11.3. The lowest BCUT2D eigenvalue weighted by Gasteiger charge is -1.98. The summed E-state index contributed by atoms with van der Waals surface area (Å²) < 4.78 is 0. The van der Waals surface area contributed by atoms with Crippen LogP contribution in [0.15, 0.2) is 36.5 Å². The molecule has 0 saturated heterocycles. The fraction of sp³-hybridized carbons (Fsp3) is 0.333. The third-order valence-corrected chi connectivity index (χ3v) is 1.49. The van der Waals surface area contributed by atoms with Gasteiger partial charge in [0, 0.05) is 5.57 Å². The second kappa shape index (κ2) is 10.9. The van der Waals surface area contributed by atoms with Crippen molar-refractivity contribution < 1.29 is 4.79 Å². The molecule has 0 heterocycles. The Morgan fingerprint density at radius 1 is 1.47 bits per heavy atom. The molecule has 0 unspecified atom stereocenters. The van der Waals surface area contributed by atoms with Gasteiger partial charge in [-0.05, 0) is 6.92 Å². The second-order valence-corrected chi connectivity index (χ2v) is 2.94. The molecule has 0 rings (SSSR count). The van der Waals surface area contributed by atoms with Gasteiger partial charge in [-0.1, -0.05) is 56.9 Å². The number of rotatable bonds is 5. The molecule has 0 atom stereocenters. The van der Waals surface area contributed by atoms with E-state index in [-0.39, 0.29) is 17.2 Å². The number of hydrogen-bond donors (Lipinski definition) is 1. The number of nitrogens with two attached hydrogens (primary N) is 1. The minimum Gasteiger partial charge on any atom is -0.393 e. The van der Waals surface area contributed by atoms with Gasteiger partial charge in [0.15, 0.2) is 5.78 Å². The van der Waals surface area contributed by atoms with Gasteiger partial charge < -0.3 is 5.73 Å². The molecule has 0 fully saturated rings. The van der Waals surface area contributed by atoms with Crippen molar-refractivity contribution in [3.63, 3.8) is 0 Å². The number of Topliss-reactive ketones (excluding diaryl/α,β-unsaturated/α-hetero) is 1. The Labute approximate surface area is 97.6 Å². The van der Waals surface area contributed by atoms with E-state index in [1.165, 1.54) is 6.08 Å². The van der Waals surface area contributed by atoms with E-state index in [4.69, 9.17) is 5.73 Å². The van der Waals surface area contributed by atoms with Crippen LogP contribution in [-0.2, 0) is 4.79 Å². The van der Waals surface area contributed by atoms with Crippen molar-refractivity contribution in [2.45, 2.75) is 27.2 Å². The Balaban J connectivity index is 0. The van der Waals surface area contributed by atoms with Gasteiger partial charge in [0.1, 0.15) is 0 Å². The molecule has 2 nitrogen and oxygen atoms in total. The van der Waals surface area contributed by atoms with Gasteiger partial charge in [-0.25, -0.2) is 0 Å². The standard InChI is InChI=1S/C10H13NOS.C2H6/c1-3-5-6-8(4-2)9(12)7-10(11)13;1-2/h3-6H,2,7H2,1H3,(H2,11,13);1-2H3/b5-3-,8-6+;. The molecular formula is C12H19NOS. The third kappa shape index (κ3) is 9.09. The highest BCUT2D eigenvalue weighted by atomic mass is 32.1. The van der Waals surface area contributed by atoms with E-state index in [0.717, 1.165) is 0 Å².